The molecule has 2 N–H and O–H groups in total. The average molecular weight is 529 g/mol. The molecule has 2 rings (SSSR count). The lowest BCUT2D eigenvalue weighted by atomic mass is 10.2. The lowest BCUT2D eigenvalue weighted by Gasteiger charge is -2.20. The summed E-state index contributed by atoms with van der Waals surface area (Å²) in [5.74, 6) is 1.38. The van der Waals surface area contributed by atoms with Crippen LogP contribution in [0.2, 0.25) is 0 Å². The minimum atomic E-state index is -4.16. The summed E-state index contributed by atoms with van der Waals surface area (Å²) in [6.45, 7) is 1.84. The third-order valence-corrected chi connectivity index (χ3v) is 4.45. The van der Waals surface area contributed by atoms with Crippen LogP contribution in [0.25, 0.3) is 0 Å². The van der Waals surface area contributed by atoms with Crippen molar-refractivity contribution < 1.29 is 17.9 Å². The average Bonchev–Trinajstić information content (AvgIpc) is 3.04. The van der Waals surface area contributed by atoms with Gasteiger partial charge in [-0.15, -0.1) is 24.0 Å². The zero-order valence-electron chi connectivity index (χ0n) is 17.1. The van der Waals surface area contributed by atoms with E-state index in [2.05, 4.69) is 20.5 Å². The van der Waals surface area contributed by atoms with E-state index in [1.165, 1.54) is 4.90 Å². The first-order chi connectivity index (χ1) is 13.3. The summed E-state index contributed by atoms with van der Waals surface area (Å²) >= 11 is 0. The van der Waals surface area contributed by atoms with Crippen LogP contribution >= 0.6 is 24.0 Å². The first-order valence-corrected chi connectivity index (χ1v) is 9.38. The van der Waals surface area contributed by atoms with Crippen molar-refractivity contribution in [1.82, 2.24) is 20.4 Å². The fourth-order valence-electron chi connectivity index (χ4n) is 3.04. The van der Waals surface area contributed by atoms with Crippen molar-refractivity contribution in [3.8, 4) is 5.75 Å². The summed E-state index contributed by atoms with van der Waals surface area (Å²) in [5, 5.41) is 6.43. The Morgan fingerprint density at radius 3 is 2.69 bits per heavy atom. The first-order valence-electron chi connectivity index (χ1n) is 9.38. The largest absolute Gasteiger partial charge is 0.492 e. The predicted molar refractivity (Wildman–Crippen MR) is 120 cm³/mol. The zero-order valence-corrected chi connectivity index (χ0v) is 19.5. The Kier molecular flexibility index (Phi) is 11.0. The number of halogens is 4. The van der Waals surface area contributed by atoms with Crippen LogP contribution in [0.3, 0.4) is 0 Å². The summed E-state index contributed by atoms with van der Waals surface area (Å²) in [6, 6.07) is 7.72. The van der Waals surface area contributed by atoms with Gasteiger partial charge in [-0.2, -0.15) is 13.2 Å². The van der Waals surface area contributed by atoms with Crippen molar-refractivity contribution in [2.24, 2.45) is 4.99 Å². The molecule has 6 nitrogen and oxygen atoms in total. The van der Waals surface area contributed by atoms with Crippen molar-refractivity contribution in [1.29, 1.82) is 0 Å². The maximum absolute atomic E-state index is 12.5. The fourth-order valence-corrected chi connectivity index (χ4v) is 3.04. The summed E-state index contributed by atoms with van der Waals surface area (Å²) in [7, 11) is 5.63. The molecular formula is C19H31F3IN5O. The molecule has 1 aliphatic heterocycles. The van der Waals surface area contributed by atoms with Gasteiger partial charge in [0.2, 0.25) is 0 Å². The summed E-state index contributed by atoms with van der Waals surface area (Å²) in [4.78, 5) is 7.65. The van der Waals surface area contributed by atoms with Crippen LogP contribution in [0.1, 0.15) is 12.0 Å². The van der Waals surface area contributed by atoms with Gasteiger partial charge in [-0.3, -0.25) is 9.89 Å². The number of guanidine groups is 1. The van der Waals surface area contributed by atoms with E-state index in [9.17, 15) is 13.2 Å². The minimum Gasteiger partial charge on any atom is -0.492 e. The van der Waals surface area contributed by atoms with E-state index in [1.807, 2.05) is 38.4 Å². The number of alkyl halides is 3. The number of nitrogens with zero attached hydrogens (tertiary/aromatic N) is 3. The lowest BCUT2D eigenvalue weighted by Crippen LogP contribution is -2.44. The third kappa shape index (κ3) is 9.85. The SMILES string of the molecule is CN=C(NCc1ccccc1OCCN(C)C)NC1CCN(CC(F)(F)F)C1.I. The minimum absolute atomic E-state index is 0. The highest BCUT2D eigenvalue weighted by atomic mass is 127. The Balaban J connectivity index is 0.00000420. The molecule has 10 heteroatoms. The lowest BCUT2D eigenvalue weighted by molar-refractivity contribution is -0.143. The molecule has 29 heavy (non-hydrogen) atoms. The molecule has 0 saturated carbocycles. The number of para-hydroxylation sites is 1. The van der Waals surface area contributed by atoms with Crippen LogP contribution in [0.4, 0.5) is 13.2 Å². The highest BCUT2D eigenvalue weighted by Crippen LogP contribution is 2.20. The monoisotopic (exact) mass is 529 g/mol. The van der Waals surface area contributed by atoms with Crippen LogP contribution in [0.5, 0.6) is 5.75 Å². The molecule has 0 bridgehead atoms. The number of ether oxygens (including phenoxy) is 1. The van der Waals surface area contributed by atoms with E-state index in [0.29, 0.717) is 38.6 Å². The highest BCUT2D eigenvalue weighted by Gasteiger charge is 2.34. The molecule has 1 atom stereocenters. The molecule has 0 amide bonds. The molecule has 0 spiro atoms. The van der Waals surface area contributed by atoms with E-state index in [-0.39, 0.29) is 30.0 Å². The van der Waals surface area contributed by atoms with Crippen molar-refractivity contribution in [2.45, 2.75) is 25.2 Å². The van der Waals surface area contributed by atoms with Gasteiger partial charge in [0.15, 0.2) is 5.96 Å². The van der Waals surface area contributed by atoms with Gasteiger partial charge in [0.05, 0.1) is 6.54 Å². The maximum Gasteiger partial charge on any atom is 0.401 e. The molecule has 1 unspecified atom stereocenters. The van der Waals surface area contributed by atoms with Crippen molar-refractivity contribution in [3.63, 3.8) is 0 Å². The molecule has 166 valence electrons. The van der Waals surface area contributed by atoms with Crippen molar-refractivity contribution in [3.05, 3.63) is 29.8 Å². The number of benzene rings is 1. The maximum atomic E-state index is 12.5. The number of nitrogens with one attached hydrogen (secondary N) is 2. The standard InChI is InChI=1S/C19H30F3N5O.HI/c1-23-18(25-16-8-9-27(13-16)14-19(20,21)22)24-12-15-6-4-5-7-17(15)28-11-10-26(2)3;/h4-7,16H,8-14H2,1-3H3,(H2,23,24,25);1H. The van der Waals surface area contributed by atoms with E-state index < -0.39 is 12.7 Å². The second-order valence-corrected chi connectivity index (χ2v) is 7.17. The van der Waals surface area contributed by atoms with Crippen molar-refractivity contribution in [2.75, 3.05) is 53.9 Å². The third-order valence-electron chi connectivity index (χ3n) is 4.45. The Morgan fingerprint density at radius 1 is 1.31 bits per heavy atom. The van der Waals surface area contributed by atoms with E-state index in [1.54, 1.807) is 7.05 Å². The number of hydrogen-bond acceptors (Lipinski definition) is 4. The van der Waals surface area contributed by atoms with Gasteiger partial charge in [0.25, 0.3) is 0 Å². The van der Waals surface area contributed by atoms with Crippen LogP contribution < -0.4 is 15.4 Å². The number of aliphatic imine (C=N–C) groups is 1. The Labute approximate surface area is 187 Å². The first kappa shape index (κ1) is 25.8. The molecule has 1 fully saturated rings. The molecule has 1 heterocycles. The van der Waals surface area contributed by atoms with E-state index in [4.69, 9.17) is 4.74 Å². The molecule has 0 aliphatic carbocycles. The van der Waals surface area contributed by atoms with Gasteiger partial charge >= 0.3 is 6.18 Å². The summed E-state index contributed by atoms with van der Waals surface area (Å²) in [5.41, 5.74) is 0.995. The number of hydrogen-bond donors (Lipinski definition) is 2. The molecule has 1 aromatic rings. The molecule has 1 saturated heterocycles. The Morgan fingerprint density at radius 2 is 2.03 bits per heavy atom. The van der Waals surface area contributed by atoms with Crippen LogP contribution in [-0.4, -0.2) is 81.9 Å². The molecule has 0 aromatic heterocycles. The van der Waals surface area contributed by atoms with Gasteiger partial charge in [-0.1, -0.05) is 18.2 Å². The zero-order chi connectivity index (χ0) is 20.6. The number of rotatable bonds is 8. The quantitative estimate of drug-likeness (QED) is 0.308. The van der Waals surface area contributed by atoms with Crippen LogP contribution in [0, 0.1) is 0 Å². The highest BCUT2D eigenvalue weighted by molar-refractivity contribution is 14.0. The number of likely N-dealkylation sites (N-methyl/N-ethyl adjacent to an activating group) is 1. The van der Waals surface area contributed by atoms with Crippen LogP contribution in [0.15, 0.2) is 29.3 Å². The van der Waals surface area contributed by atoms with Crippen molar-refractivity contribution >= 4 is 29.9 Å². The molecule has 1 aliphatic rings. The normalized spacial score (nSPS) is 17.9. The van der Waals surface area contributed by atoms with E-state index in [0.717, 1.165) is 17.9 Å². The topological polar surface area (TPSA) is 52.1 Å². The smallest absolute Gasteiger partial charge is 0.401 e. The van der Waals surface area contributed by atoms with E-state index >= 15 is 0 Å². The number of likely N-dealkylation sites (tertiary alicyclic amines) is 1. The van der Waals surface area contributed by atoms with Gasteiger partial charge in [-0.25, -0.2) is 0 Å². The molecule has 0 radical (unpaired) electrons. The second kappa shape index (κ2) is 12.4. The van der Waals surface area contributed by atoms with Gasteiger partial charge in [0.1, 0.15) is 12.4 Å². The molecular weight excluding hydrogens is 498 g/mol. The fraction of sp³-hybridized carbons (Fsp3) is 0.632. The second-order valence-electron chi connectivity index (χ2n) is 7.17. The van der Waals surface area contributed by atoms with Crippen LogP contribution in [-0.2, 0) is 6.54 Å². The Hall–Kier alpha value is -1.27. The summed E-state index contributed by atoms with van der Waals surface area (Å²) < 4.78 is 43.4. The summed E-state index contributed by atoms with van der Waals surface area (Å²) in [6.07, 6.45) is -3.51. The van der Waals surface area contributed by atoms with Gasteiger partial charge in [0, 0.05) is 44.8 Å². The molecule has 1 aromatic carbocycles. The van der Waals surface area contributed by atoms with Gasteiger partial charge in [-0.05, 0) is 26.6 Å². The van der Waals surface area contributed by atoms with Gasteiger partial charge < -0.3 is 20.3 Å². The predicted octanol–water partition coefficient (Wildman–Crippen LogP) is 2.55. The Bertz CT molecular complexity index is 643.